The molecule has 0 aromatic heterocycles. The standard InChI is InChI=1S/C28H33F2N5O5/c1-28(2)35(27(37)38)20(16-40-28)10-11-21-22(30)4-3-5-23(21)32-26(36)25(33-34-31)24(18-12-14-39-15-13-18)17-6-8-19(29)9-7-17/h3-9,18,20,24-25H,10-16H2,1-2H3,(H,32,36)(H,37,38)/t20?,24-,25-/m0/s1. The van der Waals surface area contributed by atoms with Gasteiger partial charge in [-0.05, 0) is 80.8 Å². The van der Waals surface area contributed by atoms with Crippen LogP contribution in [0.2, 0.25) is 0 Å². The van der Waals surface area contributed by atoms with E-state index in [1.807, 2.05) is 0 Å². The average molecular weight is 558 g/mol. The van der Waals surface area contributed by atoms with Crippen LogP contribution >= 0.6 is 0 Å². The van der Waals surface area contributed by atoms with Crippen LogP contribution in [0.1, 0.15) is 50.2 Å². The van der Waals surface area contributed by atoms with Gasteiger partial charge in [0.25, 0.3) is 0 Å². The first-order chi connectivity index (χ1) is 19.1. The first-order valence-electron chi connectivity index (χ1n) is 13.2. The molecule has 0 spiro atoms. The molecule has 40 heavy (non-hydrogen) atoms. The van der Waals surface area contributed by atoms with E-state index in [-0.39, 0.29) is 36.6 Å². The quantitative estimate of drug-likeness (QED) is 0.227. The topological polar surface area (TPSA) is 137 Å². The summed E-state index contributed by atoms with van der Waals surface area (Å²) in [5, 5.41) is 16.3. The zero-order valence-corrected chi connectivity index (χ0v) is 22.4. The molecule has 0 saturated carbocycles. The maximum Gasteiger partial charge on any atom is 0.409 e. The monoisotopic (exact) mass is 557 g/mol. The zero-order valence-electron chi connectivity index (χ0n) is 22.4. The fraction of sp³-hybridized carbons (Fsp3) is 0.500. The van der Waals surface area contributed by atoms with Crippen LogP contribution < -0.4 is 5.32 Å². The van der Waals surface area contributed by atoms with Crippen LogP contribution in [0.15, 0.2) is 47.6 Å². The van der Waals surface area contributed by atoms with Gasteiger partial charge in [0.2, 0.25) is 5.91 Å². The number of carbonyl (C=O) groups is 2. The number of carboxylic acid groups (broad SMARTS) is 1. The summed E-state index contributed by atoms with van der Waals surface area (Å²) in [5.41, 5.74) is 9.42. The van der Waals surface area contributed by atoms with Gasteiger partial charge >= 0.3 is 6.09 Å². The van der Waals surface area contributed by atoms with Crippen molar-refractivity contribution in [1.29, 1.82) is 0 Å². The average Bonchev–Trinajstić information content (AvgIpc) is 3.23. The molecule has 2 fully saturated rings. The molecule has 2 N–H and O–H groups in total. The molecule has 0 bridgehead atoms. The predicted octanol–water partition coefficient (Wildman–Crippen LogP) is 5.84. The molecule has 0 aliphatic carbocycles. The number of ether oxygens (including phenoxy) is 2. The lowest BCUT2D eigenvalue weighted by Crippen LogP contribution is -2.47. The summed E-state index contributed by atoms with van der Waals surface area (Å²) in [6, 6.07) is 8.34. The van der Waals surface area contributed by atoms with Gasteiger partial charge in [-0.2, -0.15) is 0 Å². The number of hydrogen-bond acceptors (Lipinski definition) is 5. The Labute approximate surface area is 230 Å². The van der Waals surface area contributed by atoms with Gasteiger partial charge in [0.05, 0.1) is 12.6 Å². The highest BCUT2D eigenvalue weighted by Crippen LogP contribution is 2.37. The number of amides is 2. The molecule has 2 aromatic carbocycles. The minimum absolute atomic E-state index is 0.0693. The zero-order chi connectivity index (χ0) is 28.9. The largest absolute Gasteiger partial charge is 0.465 e. The van der Waals surface area contributed by atoms with Gasteiger partial charge in [-0.25, -0.2) is 13.6 Å². The number of nitrogens with zero attached hydrogens (tertiary/aromatic N) is 4. The Bertz CT molecular complexity index is 1260. The normalized spacial score (nSPS) is 20.4. The molecule has 2 aliphatic rings. The van der Waals surface area contributed by atoms with Crippen molar-refractivity contribution in [2.24, 2.45) is 11.0 Å². The van der Waals surface area contributed by atoms with Gasteiger partial charge in [0.1, 0.15) is 23.4 Å². The van der Waals surface area contributed by atoms with E-state index < -0.39 is 47.4 Å². The number of nitrogens with one attached hydrogen (secondary N) is 1. The summed E-state index contributed by atoms with van der Waals surface area (Å²) < 4.78 is 39.9. The molecule has 4 rings (SSSR count). The second kappa shape index (κ2) is 12.6. The first kappa shape index (κ1) is 29.3. The third kappa shape index (κ3) is 6.52. The molecule has 12 heteroatoms. The smallest absolute Gasteiger partial charge is 0.409 e. The van der Waals surface area contributed by atoms with E-state index in [0.717, 1.165) is 0 Å². The third-order valence-corrected chi connectivity index (χ3v) is 7.70. The molecule has 2 heterocycles. The summed E-state index contributed by atoms with van der Waals surface area (Å²) in [6.07, 6.45) is 0.505. The van der Waals surface area contributed by atoms with Crippen molar-refractivity contribution in [1.82, 2.24) is 4.90 Å². The molecule has 2 aliphatic heterocycles. The SMILES string of the molecule is CC1(C)OCC(CCc2c(F)cccc2NC(=O)[C@@H](N=[N+]=[N-])[C@@H](c2ccc(F)cc2)C2CCOCC2)N1C(=O)O. The van der Waals surface area contributed by atoms with Crippen molar-refractivity contribution in [2.45, 2.75) is 63.3 Å². The number of rotatable bonds is 9. The van der Waals surface area contributed by atoms with Crippen molar-refractivity contribution >= 4 is 17.7 Å². The number of azide groups is 1. The Morgan fingerprint density at radius 3 is 2.55 bits per heavy atom. The number of anilines is 1. The van der Waals surface area contributed by atoms with Crippen molar-refractivity contribution in [3.63, 3.8) is 0 Å². The number of carbonyl (C=O) groups excluding carboxylic acids is 1. The fourth-order valence-corrected chi connectivity index (χ4v) is 5.75. The van der Waals surface area contributed by atoms with Gasteiger partial charge < -0.3 is 19.9 Å². The number of hydrogen-bond donors (Lipinski definition) is 2. The van der Waals surface area contributed by atoms with Crippen LogP contribution in [-0.2, 0) is 20.7 Å². The molecular weight excluding hydrogens is 524 g/mol. The molecule has 1 unspecified atom stereocenters. The lowest BCUT2D eigenvalue weighted by Gasteiger charge is -2.34. The van der Waals surface area contributed by atoms with E-state index in [4.69, 9.17) is 9.47 Å². The van der Waals surface area contributed by atoms with Crippen molar-refractivity contribution in [2.75, 3.05) is 25.1 Å². The number of benzene rings is 2. The Kier molecular flexibility index (Phi) is 9.24. The molecule has 214 valence electrons. The Morgan fingerprint density at radius 1 is 1.20 bits per heavy atom. The van der Waals surface area contributed by atoms with Crippen molar-refractivity contribution in [3.05, 3.63) is 75.7 Å². The molecule has 10 nitrogen and oxygen atoms in total. The maximum atomic E-state index is 15.0. The van der Waals surface area contributed by atoms with E-state index in [1.165, 1.54) is 29.2 Å². The summed E-state index contributed by atoms with van der Waals surface area (Å²) in [6.45, 7) is 4.44. The fourth-order valence-electron chi connectivity index (χ4n) is 5.75. The van der Waals surface area contributed by atoms with E-state index >= 15 is 4.39 Å². The number of halogens is 2. The highest BCUT2D eigenvalue weighted by atomic mass is 19.1. The van der Waals surface area contributed by atoms with Gasteiger partial charge in [-0.3, -0.25) is 9.69 Å². The third-order valence-electron chi connectivity index (χ3n) is 7.70. The summed E-state index contributed by atoms with van der Waals surface area (Å²) in [5.74, 6) is -2.23. The van der Waals surface area contributed by atoms with Crippen LogP contribution in [0.5, 0.6) is 0 Å². The molecule has 2 amide bonds. The molecular formula is C28H33F2N5O5. The van der Waals surface area contributed by atoms with E-state index in [1.54, 1.807) is 32.0 Å². The van der Waals surface area contributed by atoms with Crippen molar-refractivity contribution < 1.29 is 33.0 Å². The molecule has 3 atom stereocenters. The Balaban J connectivity index is 1.59. The summed E-state index contributed by atoms with van der Waals surface area (Å²) in [4.78, 5) is 29.6. The predicted molar refractivity (Wildman–Crippen MR) is 143 cm³/mol. The highest BCUT2D eigenvalue weighted by molar-refractivity contribution is 5.96. The minimum atomic E-state index is -1.19. The van der Waals surface area contributed by atoms with E-state index in [0.29, 0.717) is 31.6 Å². The Hall–Kier alpha value is -3.73. The summed E-state index contributed by atoms with van der Waals surface area (Å²) in [7, 11) is 0. The van der Waals surface area contributed by atoms with Gasteiger partial charge in [-0.15, -0.1) is 0 Å². The van der Waals surface area contributed by atoms with Gasteiger partial charge in [0.15, 0.2) is 0 Å². The van der Waals surface area contributed by atoms with E-state index in [9.17, 15) is 24.6 Å². The summed E-state index contributed by atoms with van der Waals surface area (Å²) >= 11 is 0. The minimum Gasteiger partial charge on any atom is -0.465 e. The van der Waals surface area contributed by atoms with Crippen LogP contribution in [0.25, 0.3) is 10.4 Å². The first-order valence-corrected chi connectivity index (χ1v) is 13.2. The molecule has 0 radical (unpaired) electrons. The van der Waals surface area contributed by atoms with Gasteiger partial charge in [0, 0.05) is 35.3 Å². The van der Waals surface area contributed by atoms with Crippen LogP contribution in [-0.4, -0.2) is 59.6 Å². The van der Waals surface area contributed by atoms with E-state index in [2.05, 4.69) is 15.3 Å². The lowest BCUT2D eigenvalue weighted by molar-refractivity contribution is -0.118. The second-order valence-electron chi connectivity index (χ2n) is 10.5. The maximum absolute atomic E-state index is 15.0. The highest BCUT2D eigenvalue weighted by Gasteiger charge is 2.44. The molecule has 2 saturated heterocycles. The van der Waals surface area contributed by atoms with Crippen molar-refractivity contribution in [3.8, 4) is 0 Å². The lowest BCUT2D eigenvalue weighted by atomic mass is 9.76. The Morgan fingerprint density at radius 2 is 1.90 bits per heavy atom. The van der Waals surface area contributed by atoms with Crippen LogP contribution in [0.3, 0.4) is 0 Å². The molecule has 2 aromatic rings. The van der Waals surface area contributed by atoms with Crippen LogP contribution in [0.4, 0.5) is 19.3 Å². The second-order valence-corrected chi connectivity index (χ2v) is 10.5. The van der Waals surface area contributed by atoms with Crippen LogP contribution in [0, 0.1) is 17.6 Å². The van der Waals surface area contributed by atoms with Gasteiger partial charge in [-0.1, -0.05) is 23.3 Å².